The second kappa shape index (κ2) is 10.4. The van der Waals surface area contributed by atoms with E-state index in [1.54, 1.807) is 6.20 Å². The summed E-state index contributed by atoms with van der Waals surface area (Å²) >= 11 is 0. The van der Waals surface area contributed by atoms with Crippen molar-refractivity contribution in [2.45, 2.75) is 0 Å². The molecule has 3 aromatic carbocycles. The van der Waals surface area contributed by atoms with Crippen LogP contribution >= 0.6 is 0 Å². The van der Waals surface area contributed by atoms with Crippen LogP contribution in [-0.4, -0.2) is 15.0 Å². The lowest BCUT2D eigenvalue weighted by molar-refractivity contribution is 0.446. The van der Waals surface area contributed by atoms with Crippen molar-refractivity contribution in [1.82, 2.24) is 15.0 Å². The molecule has 1 N–H and O–H groups in total. The first-order valence-corrected chi connectivity index (χ1v) is 14.1. The van der Waals surface area contributed by atoms with Crippen molar-refractivity contribution in [2.75, 3.05) is 10.2 Å². The molecule has 0 fully saturated rings. The Morgan fingerprint density at radius 3 is 2.21 bits per heavy atom. The van der Waals surface area contributed by atoms with Gasteiger partial charge in [0.05, 0.1) is 17.1 Å². The highest BCUT2D eigenvalue weighted by molar-refractivity contribution is 5.94. The Hall–Kier alpha value is -6.01. The van der Waals surface area contributed by atoms with Crippen LogP contribution in [0.2, 0.25) is 0 Å². The number of ether oxygens (including phenoxy) is 1. The number of hydrogen-bond acceptors (Lipinski definition) is 6. The molecule has 8 rings (SSSR count). The smallest absolute Gasteiger partial charge is 0.223 e. The minimum Gasteiger partial charge on any atom is -0.421 e. The van der Waals surface area contributed by atoms with E-state index in [-0.39, 0.29) is 0 Å². The number of fused-ring (bicyclic) bond motifs is 4. The first-order chi connectivity index (χ1) is 21.3. The zero-order chi connectivity index (χ0) is 28.6. The van der Waals surface area contributed by atoms with Gasteiger partial charge in [-0.25, -0.2) is 9.97 Å². The fourth-order valence-corrected chi connectivity index (χ4v) is 5.53. The van der Waals surface area contributed by atoms with E-state index in [9.17, 15) is 0 Å². The lowest BCUT2D eigenvalue weighted by Crippen LogP contribution is -2.14. The van der Waals surface area contributed by atoms with E-state index in [0.29, 0.717) is 17.6 Å². The van der Waals surface area contributed by atoms with E-state index in [1.807, 2.05) is 66.7 Å². The van der Waals surface area contributed by atoms with Gasteiger partial charge in [0.15, 0.2) is 0 Å². The molecule has 2 aliphatic rings. The number of benzene rings is 3. The average molecular weight is 556 g/mol. The van der Waals surface area contributed by atoms with Gasteiger partial charge >= 0.3 is 0 Å². The van der Waals surface area contributed by atoms with Gasteiger partial charge in [-0.3, -0.25) is 4.90 Å². The highest BCUT2D eigenvalue weighted by atomic mass is 16.5. The molecular weight excluding hydrogens is 530 g/mol. The Morgan fingerprint density at radius 2 is 1.26 bits per heavy atom. The monoisotopic (exact) mass is 555 g/mol. The van der Waals surface area contributed by atoms with Crippen molar-refractivity contribution in [3.63, 3.8) is 0 Å². The van der Waals surface area contributed by atoms with Gasteiger partial charge in [0.1, 0.15) is 11.6 Å². The highest BCUT2D eigenvalue weighted by Crippen LogP contribution is 2.41. The molecule has 3 aromatic heterocycles. The summed E-state index contributed by atoms with van der Waals surface area (Å²) in [6.07, 6.45) is 10.3. The topological polar surface area (TPSA) is 63.2 Å². The quantitative estimate of drug-likeness (QED) is 0.233. The van der Waals surface area contributed by atoms with E-state index in [1.165, 1.54) is 0 Å². The Bertz CT molecular complexity index is 2020. The summed E-state index contributed by atoms with van der Waals surface area (Å²) in [6.45, 7) is 0. The maximum atomic E-state index is 6.28. The number of aromatic nitrogens is 3. The Morgan fingerprint density at radius 1 is 0.558 bits per heavy atom. The van der Waals surface area contributed by atoms with Gasteiger partial charge in [0.2, 0.25) is 11.8 Å². The molecule has 43 heavy (non-hydrogen) atoms. The van der Waals surface area contributed by atoms with Crippen LogP contribution in [0.25, 0.3) is 35.6 Å². The second-order valence-electron chi connectivity index (χ2n) is 10.3. The first-order valence-electron chi connectivity index (χ1n) is 14.1. The van der Waals surface area contributed by atoms with Crippen LogP contribution in [0.4, 0.5) is 28.7 Å². The zero-order valence-electron chi connectivity index (χ0n) is 23.1. The van der Waals surface area contributed by atoms with Crippen molar-refractivity contribution < 1.29 is 4.74 Å². The van der Waals surface area contributed by atoms with Crippen LogP contribution in [0.3, 0.4) is 0 Å². The number of nitrogens with one attached hydrogen (secondary N) is 1. The van der Waals surface area contributed by atoms with Crippen LogP contribution in [-0.2, 0) is 0 Å². The molecule has 0 bridgehead atoms. The summed E-state index contributed by atoms with van der Waals surface area (Å²) in [4.78, 5) is 16.6. The number of anilines is 5. The molecule has 0 unspecified atom stereocenters. The van der Waals surface area contributed by atoms with Gasteiger partial charge in [-0.1, -0.05) is 91.0 Å². The Kier molecular flexibility index (Phi) is 6.01. The van der Waals surface area contributed by atoms with Crippen LogP contribution < -0.4 is 15.0 Å². The molecule has 6 nitrogen and oxygen atoms in total. The minimum atomic E-state index is 0.441. The predicted molar refractivity (Wildman–Crippen MR) is 174 cm³/mol. The normalized spacial score (nSPS) is 12.6. The number of nitrogens with zero attached hydrogens (tertiary/aromatic N) is 4. The van der Waals surface area contributed by atoms with Gasteiger partial charge in [-0.15, -0.1) is 0 Å². The van der Waals surface area contributed by atoms with Gasteiger partial charge in [-0.2, -0.15) is 4.98 Å². The molecule has 6 heteroatoms. The maximum Gasteiger partial charge on any atom is 0.223 e. The van der Waals surface area contributed by atoms with Crippen molar-refractivity contribution in [3.8, 4) is 23.0 Å². The summed E-state index contributed by atoms with van der Waals surface area (Å²) in [5.74, 6) is 2.41. The lowest BCUT2D eigenvalue weighted by Gasteiger charge is -2.25. The number of para-hydroxylation sites is 3. The Balaban J connectivity index is 1.14. The molecule has 5 heterocycles. The molecule has 0 amide bonds. The molecular formula is C37H25N5O. The predicted octanol–water partition coefficient (Wildman–Crippen LogP) is 9.51. The van der Waals surface area contributed by atoms with E-state index in [0.717, 1.165) is 56.4 Å². The van der Waals surface area contributed by atoms with Crippen LogP contribution in [0, 0.1) is 0 Å². The molecule has 0 spiro atoms. The SMILES string of the molecule is C1=Cc2cccc(-c3cccc(Oc4cccc(N5c6ccccc6C=Cc6cccnc65)n4)n3)c2Nc2ccccc21. The fourth-order valence-electron chi connectivity index (χ4n) is 5.53. The average Bonchev–Trinajstić information content (AvgIpc) is 3.35. The van der Waals surface area contributed by atoms with Gasteiger partial charge in [-0.05, 0) is 53.1 Å². The third kappa shape index (κ3) is 4.61. The fraction of sp³-hybridized carbons (Fsp3) is 0. The summed E-state index contributed by atoms with van der Waals surface area (Å²) in [5.41, 5.74) is 9.17. The molecule has 0 saturated carbocycles. The maximum absolute atomic E-state index is 6.28. The highest BCUT2D eigenvalue weighted by Gasteiger charge is 2.22. The first kappa shape index (κ1) is 24.8. The van der Waals surface area contributed by atoms with Crippen molar-refractivity contribution in [1.29, 1.82) is 0 Å². The molecule has 0 saturated heterocycles. The Labute approximate surface area is 249 Å². The van der Waals surface area contributed by atoms with Crippen molar-refractivity contribution >= 4 is 53.0 Å². The molecule has 2 aliphatic heterocycles. The number of rotatable bonds is 4. The largest absolute Gasteiger partial charge is 0.421 e. The number of pyridine rings is 3. The van der Waals surface area contributed by atoms with Crippen molar-refractivity contribution in [3.05, 3.63) is 144 Å². The van der Waals surface area contributed by atoms with E-state index in [2.05, 4.69) is 83.1 Å². The minimum absolute atomic E-state index is 0.441. The van der Waals surface area contributed by atoms with E-state index >= 15 is 0 Å². The zero-order valence-corrected chi connectivity index (χ0v) is 23.1. The van der Waals surface area contributed by atoms with Gasteiger partial charge < -0.3 is 10.1 Å². The van der Waals surface area contributed by atoms with Crippen LogP contribution in [0.15, 0.2) is 121 Å². The summed E-state index contributed by atoms with van der Waals surface area (Å²) in [5, 5.41) is 3.63. The second-order valence-corrected chi connectivity index (χ2v) is 10.3. The van der Waals surface area contributed by atoms with E-state index < -0.39 is 0 Å². The molecule has 0 aliphatic carbocycles. The standard InChI is InChI=1S/C37H25N5O/c1-3-14-30-25(9-1)20-22-27-11-5-13-29(36(27)40-30)31-15-6-18-34(39-31)43-35-19-7-17-33(41-35)42-32-16-4-2-10-26(32)21-23-28-12-8-24-38-37(28)42/h1-24,40H. The molecule has 0 radical (unpaired) electrons. The third-order valence-electron chi connectivity index (χ3n) is 7.55. The molecule has 204 valence electrons. The lowest BCUT2D eigenvalue weighted by atomic mass is 10.0. The number of hydrogen-bond donors (Lipinski definition) is 1. The van der Waals surface area contributed by atoms with Gasteiger partial charge in [0, 0.05) is 35.1 Å². The van der Waals surface area contributed by atoms with E-state index in [4.69, 9.17) is 19.7 Å². The summed E-state index contributed by atoms with van der Waals surface area (Å²) in [6, 6.07) is 38.3. The molecule has 6 aromatic rings. The molecule has 0 atom stereocenters. The summed E-state index contributed by atoms with van der Waals surface area (Å²) < 4.78 is 6.28. The third-order valence-corrected chi connectivity index (χ3v) is 7.55. The van der Waals surface area contributed by atoms with Crippen LogP contribution in [0.1, 0.15) is 22.3 Å². The summed E-state index contributed by atoms with van der Waals surface area (Å²) in [7, 11) is 0. The van der Waals surface area contributed by atoms with Crippen molar-refractivity contribution in [2.24, 2.45) is 0 Å². The van der Waals surface area contributed by atoms with Gasteiger partial charge in [0.25, 0.3) is 0 Å². The van der Waals surface area contributed by atoms with Crippen LogP contribution in [0.5, 0.6) is 11.8 Å².